The van der Waals surface area contributed by atoms with Crippen molar-refractivity contribution in [3.8, 4) is 17.6 Å². The summed E-state index contributed by atoms with van der Waals surface area (Å²) in [7, 11) is -3.90. The first kappa shape index (κ1) is 14.8. The Bertz CT molecular complexity index is 839. The molecular formula is C14H13N3O3S. The highest BCUT2D eigenvalue weighted by atomic mass is 32.2. The average molecular weight is 303 g/mol. The van der Waals surface area contributed by atoms with E-state index < -0.39 is 10.0 Å². The summed E-state index contributed by atoms with van der Waals surface area (Å²) in [6.07, 6.45) is 0. The molecule has 0 unspecified atom stereocenters. The molecule has 2 aromatic carbocycles. The van der Waals surface area contributed by atoms with Crippen LogP contribution in [0.3, 0.4) is 0 Å². The number of nitrogen functional groups attached to an aromatic ring is 1. The molecule has 2 rings (SSSR count). The van der Waals surface area contributed by atoms with Crippen LogP contribution in [-0.4, -0.2) is 8.42 Å². The highest BCUT2D eigenvalue weighted by molar-refractivity contribution is 7.89. The molecule has 0 radical (unpaired) electrons. The second kappa shape index (κ2) is 5.44. The van der Waals surface area contributed by atoms with Crippen LogP contribution in [0.2, 0.25) is 0 Å². The van der Waals surface area contributed by atoms with Gasteiger partial charge < -0.3 is 10.5 Å². The summed E-state index contributed by atoms with van der Waals surface area (Å²) in [6.45, 7) is 1.57. The van der Waals surface area contributed by atoms with Gasteiger partial charge in [0.25, 0.3) is 0 Å². The molecule has 0 heterocycles. The number of hydrogen-bond acceptors (Lipinski definition) is 5. The van der Waals surface area contributed by atoms with E-state index in [1.807, 2.05) is 6.07 Å². The molecule has 4 N–H and O–H groups in total. The number of anilines is 1. The van der Waals surface area contributed by atoms with E-state index >= 15 is 0 Å². The Morgan fingerprint density at radius 1 is 1.24 bits per heavy atom. The van der Waals surface area contributed by atoms with Gasteiger partial charge in [0.2, 0.25) is 10.0 Å². The molecule has 0 atom stereocenters. The predicted octanol–water partition coefficient (Wildman–Crippen LogP) is 1.89. The molecule has 0 aliphatic rings. The van der Waals surface area contributed by atoms with E-state index in [9.17, 15) is 8.42 Å². The molecule has 0 aliphatic heterocycles. The number of nitrogens with two attached hydrogens (primary N) is 2. The van der Waals surface area contributed by atoms with Gasteiger partial charge in [-0.05, 0) is 31.2 Å². The summed E-state index contributed by atoms with van der Waals surface area (Å²) in [4.78, 5) is -0.0889. The van der Waals surface area contributed by atoms with Crippen molar-refractivity contribution >= 4 is 15.7 Å². The summed E-state index contributed by atoms with van der Waals surface area (Å²) in [5.41, 5.74) is 6.69. The highest BCUT2D eigenvalue weighted by Gasteiger charge is 2.17. The van der Waals surface area contributed by atoms with Gasteiger partial charge in [-0.15, -0.1) is 0 Å². The zero-order chi connectivity index (χ0) is 15.6. The molecule has 108 valence electrons. The summed E-state index contributed by atoms with van der Waals surface area (Å²) >= 11 is 0. The number of hydrogen-bond donors (Lipinski definition) is 2. The van der Waals surface area contributed by atoms with Crippen LogP contribution in [0.25, 0.3) is 0 Å². The third kappa shape index (κ3) is 3.31. The minimum Gasteiger partial charge on any atom is -0.457 e. The lowest BCUT2D eigenvalue weighted by Crippen LogP contribution is -2.14. The first-order chi connectivity index (χ1) is 9.81. The van der Waals surface area contributed by atoms with E-state index in [1.165, 1.54) is 12.1 Å². The van der Waals surface area contributed by atoms with Crippen molar-refractivity contribution in [3.63, 3.8) is 0 Å². The van der Waals surface area contributed by atoms with Crippen LogP contribution < -0.4 is 15.6 Å². The van der Waals surface area contributed by atoms with Crippen molar-refractivity contribution in [1.82, 2.24) is 0 Å². The molecule has 21 heavy (non-hydrogen) atoms. The van der Waals surface area contributed by atoms with Gasteiger partial charge in [0.1, 0.15) is 11.5 Å². The fraction of sp³-hybridized carbons (Fsp3) is 0.0714. The largest absolute Gasteiger partial charge is 0.457 e. The molecule has 0 saturated carbocycles. The Kier molecular flexibility index (Phi) is 3.84. The Morgan fingerprint density at radius 3 is 2.57 bits per heavy atom. The Morgan fingerprint density at radius 2 is 1.95 bits per heavy atom. The molecule has 0 aliphatic carbocycles. The summed E-state index contributed by atoms with van der Waals surface area (Å²) in [6, 6.07) is 11.3. The number of rotatable bonds is 3. The lowest BCUT2D eigenvalue weighted by Gasteiger charge is -2.13. The predicted molar refractivity (Wildman–Crippen MR) is 78.2 cm³/mol. The van der Waals surface area contributed by atoms with Crippen LogP contribution in [0.5, 0.6) is 11.5 Å². The molecule has 0 amide bonds. The highest BCUT2D eigenvalue weighted by Crippen LogP contribution is 2.31. The molecule has 0 bridgehead atoms. The number of ether oxygens (including phenoxy) is 1. The molecule has 0 saturated heterocycles. The minimum absolute atomic E-state index is 0.0889. The van der Waals surface area contributed by atoms with Gasteiger partial charge in [-0.3, -0.25) is 0 Å². The number of primary sulfonamides is 1. The minimum atomic E-state index is -3.90. The van der Waals surface area contributed by atoms with Crippen molar-refractivity contribution in [3.05, 3.63) is 47.5 Å². The molecule has 7 heteroatoms. The fourth-order valence-corrected chi connectivity index (χ4v) is 2.67. The first-order valence-electron chi connectivity index (χ1n) is 5.92. The first-order valence-corrected chi connectivity index (χ1v) is 7.47. The average Bonchev–Trinajstić information content (AvgIpc) is 2.41. The van der Waals surface area contributed by atoms with Gasteiger partial charge in [-0.1, -0.05) is 6.07 Å². The topological polar surface area (TPSA) is 119 Å². The zero-order valence-corrected chi connectivity index (χ0v) is 12.0. The van der Waals surface area contributed by atoms with Crippen LogP contribution in [0.1, 0.15) is 11.1 Å². The van der Waals surface area contributed by atoms with Crippen molar-refractivity contribution < 1.29 is 13.2 Å². The van der Waals surface area contributed by atoms with Gasteiger partial charge >= 0.3 is 0 Å². The lowest BCUT2D eigenvalue weighted by atomic mass is 10.2. The monoisotopic (exact) mass is 303 g/mol. The summed E-state index contributed by atoms with van der Waals surface area (Å²) in [5.74, 6) is 0.678. The Labute approximate surface area is 122 Å². The number of sulfonamides is 1. The van der Waals surface area contributed by atoms with E-state index in [4.69, 9.17) is 20.9 Å². The lowest BCUT2D eigenvalue weighted by molar-refractivity contribution is 0.476. The third-order valence-corrected chi connectivity index (χ3v) is 3.87. The zero-order valence-electron chi connectivity index (χ0n) is 11.2. The van der Waals surface area contributed by atoms with Crippen molar-refractivity contribution in [2.24, 2.45) is 5.14 Å². The summed E-state index contributed by atoms with van der Waals surface area (Å²) < 4.78 is 28.7. The van der Waals surface area contributed by atoms with Crippen LogP contribution in [0.4, 0.5) is 5.69 Å². The van der Waals surface area contributed by atoms with Gasteiger partial charge in [0.15, 0.2) is 0 Å². The van der Waals surface area contributed by atoms with E-state index in [-0.39, 0.29) is 16.3 Å². The molecule has 0 aromatic heterocycles. The van der Waals surface area contributed by atoms with E-state index in [2.05, 4.69) is 0 Å². The SMILES string of the molecule is Cc1c(Oc2cccc(C#N)c2)cc(N)cc1S(N)(=O)=O. The van der Waals surface area contributed by atoms with Gasteiger partial charge in [0.05, 0.1) is 16.5 Å². The van der Waals surface area contributed by atoms with Gasteiger partial charge in [0, 0.05) is 17.3 Å². The van der Waals surface area contributed by atoms with E-state index in [0.717, 1.165) is 0 Å². The molecular weight excluding hydrogens is 290 g/mol. The van der Waals surface area contributed by atoms with E-state index in [0.29, 0.717) is 16.9 Å². The maximum atomic E-state index is 11.5. The van der Waals surface area contributed by atoms with Crippen LogP contribution in [0, 0.1) is 18.3 Å². The second-order valence-electron chi connectivity index (χ2n) is 4.43. The maximum Gasteiger partial charge on any atom is 0.238 e. The van der Waals surface area contributed by atoms with Crippen molar-refractivity contribution in [1.29, 1.82) is 5.26 Å². The fourth-order valence-electron chi connectivity index (χ4n) is 1.84. The Hall–Kier alpha value is -2.56. The molecule has 2 aromatic rings. The quantitative estimate of drug-likeness (QED) is 0.839. The molecule has 0 spiro atoms. The van der Waals surface area contributed by atoms with Crippen molar-refractivity contribution in [2.45, 2.75) is 11.8 Å². The third-order valence-electron chi connectivity index (χ3n) is 2.83. The van der Waals surface area contributed by atoms with Gasteiger partial charge in [-0.25, -0.2) is 13.6 Å². The number of benzene rings is 2. The van der Waals surface area contributed by atoms with E-state index in [1.54, 1.807) is 31.2 Å². The van der Waals surface area contributed by atoms with Crippen molar-refractivity contribution in [2.75, 3.05) is 5.73 Å². The van der Waals surface area contributed by atoms with Crippen LogP contribution >= 0.6 is 0 Å². The number of nitriles is 1. The Balaban J connectivity index is 2.50. The molecule has 0 fully saturated rings. The number of nitrogens with zero attached hydrogens (tertiary/aromatic N) is 1. The van der Waals surface area contributed by atoms with Crippen LogP contribution in [-0.2, 0) is 10.0 Å². The summed E-state index contributed by atoms with van der Waals surface area (Å²) in [5, 5.41) is 14.0. The second-order valence-corrected chi connectivity index (χ2v) is 5.96. The smallest absolute Gasteiger partial charge is 0.238 e. The molecule has 6 nitrogen and oxygen atoms in total. The maximum absolute atomic E-state index is 11.5. The standard InChI is InChI=1S/C14H13N3O3S/c1-9-13(6-11(16)7-14(9)21(17,18)19)20-12-4-2-3-10(5-12)8-15/h2-7H,16H2,1H3,(H2,17,18,19). The normalized spacial score (nSPS) is 10.9. The van der Waals surface area contributed by atoms with Gasteiger partial charge in [-0.2, -0.15) is 5.26 Å². The van der Waals surface area contributed by atoms with Crippen LogP contribution in [0.15, 0.2) is 41.3 Å².